The summed E-state index contributed by atoms with van der Waals surface area (Å²) in [5, 5.41) is 3.26. The van der Waals surface area contributed by atoms with Gasteiger partial charge in [-0.25, -0.2) is 8.42 Å². The van der Waals surface area contributed by atoms with Gasteiger partial charge < -0.3 is 10.1 Å². The van der Waals surface area contributed by atoms with Crippen molar-refractivity contribution < 1.29 is 17.9 Å². The number of carbonyl (C=O) groups is 1. The van der Waals surface area contributed by atoms with Crippen molar-refractivity contribution in [2.75, 3.05) is 17.7 Å². The molecule has 0 saturated heterocycles. The number of amides is 1. The molecular formula is C20H25ClN2O4S. The SMILES string of the molecule is CC[C@H](C(=O)NCc1ccc(OC)cc1)N(c1ccc(C)c(Cl)c1)S(C)(=O)=O. The molecule has 6 nitrogen and oxygen atoms in total. The second kappa shape index (κ2) is 9.30. The highest BCUT2D eigenvalue weighted by Crippen LogP contribution is 2.27. The highest BCUT2D eigenvalue weighted by atomic mass is 35.5. The van der Waals surface area contributed by atoms with Crippen LogP contribution in [0.2, 0.25) is 5.02 Å². The molecule has 1 atom stereocenters. The van der Waals surface area contributed by atoms with E-state index in [4.69, 9.17) is 16.3 Å². The zero-order chi connectivity index (χ0) is 20.9. The third-order valence-electron chi connectivity index (χ3n) is 4.37. The van der Waals surface area contributed by atoms with Crippen molar-refractivity contribution in [1.29, 1.82) is 0 Å². The number of hydrogen-bond donors (Lipinski definition) is 1. The summed E-state index contributed by atoms with van der Waals surface area (Å²) in [5.74, 6) is 0.349. The number of sulfonamides is 1. The summed E-state index contributed by atoms with van der Waals surface area (Å²) in [6.07, 6.45) is 1.40. The first-order chi connectivity index (χ1) is 13.2. The predicted octanol–water partition coefficient (Wildman–Crippen LogP) is 3.52. The molecule has 28 heavy (non-hydrogen) atoms. The molecule has 2 rings (SSSR count). The van der Waals surface area contributed by atoms with Crippen LogP contribution in [-0.2, 0) is 21.4 Å². The molecule has 1 N–H and O–H groups in total. The van der Waals surface area contributed by atoms with E-state index in [9.17, 15) is 13.2 Å². The van der Waals surface area contributed by atoms with E-state index >= 15 is 0 Å². The third kappa shape index (κ3) is 5.39. The zero-order valence-corrected chi connectivity index (χ0v) is 18.0. The quantitative estimate of drug-likeness (QED) is 0.703. The molecule has 2 aromatic rings. The molecule has 0 spiro atoms. The topological polar surface area (TPSA) is 75.7 Å². The lowest BCUT2D eigenvalue weighted by atomic mass is 10.1. The van der Waals surface area contributed by atoms with Crippen molar-refractivity contribution >= 4 is 33.2 Å². The Morgan fingerprint density at radius 2 is 1.86 bits per heavy atom. The van der Waals surface area contributed by atoms with E-state index in [2.05, 4.69) is 5.32 Å². The van der Waals surface area contributed by atoms with Gasteiger partial charge in [-0.2, -0.15) is 0 Å². The molecule has 0 bridgehead atoms. The summed E-state index contributed by atoms with van der Waals surface area (Å²) in [6, 6.07) is 11.4. The van der Waals surface area contributed by atoms with E-state index < -0.39 is 16.1 Å². The minimum atomic E-state index is -3.70. The molecule has 0 aliphatic rings. The Labute approximate surface area is 171 Å². The van der Waals surface area contributed by atoms with Gasteiger partial charge in [0.25, 0.3) is 0 Å². The minimum absolute atomic E-state index is 0.283. The average Bonchev–Trinajstić information content (AvgIpc) is 2.66. The number of hydrogen-bond acceptors (Lipinski definition) is 4. The highest BCUT2D eigenvalue weighted by Gasteiger charge is 2.31. The van der Waals surface area contributed by atoms with E-state index in [1.54, 1.807) is 44.4 Å². The van der Waals surface area contributed by atoms with Gasteiger partial charge in [-0.15, -0.1) is 0 Å². The third-order valence-corrected chi connectivity index (χ3v) is 5.95. The maximum absolute atomic E-state index is 12.8. The molecule has 8 heteroatoms. The summed E-state index contributed by atoms with van der Waals surface area (Å²) in [7, 11) is -2.12. The van der Waals surface area contributed by atoms with Crippen LogP contribution in [0, 0.1) is 6.92 Å². The second-order valence-electron chi connectivity index (χ2n) is 6.48. The second-order valence-corrected chi connectivity index (χ2v) is 8.75. The maximum Gasteiger partial charge on any atom is 0.244 e. The maximum atomic E-state index is 12.8. The first-order valence-electron chi connectivity index (χ1n) is 8.83. The molecule has 0 radical (unpaired) electrons. The number of anilines is 1. The lowest BCUT2D eigenvalue weighted by molar-refractivity contribution is -0.122. The number of methoxy groups -OCH3 is 1. The van der Waals surface area contributed by atoms with Crippen LogP contribution in [-0.4, -0.2) is 33.7 Å². The van der Waals surface area contributed by atoms with Gasteiger partial charge in [-0.05, 0) is 48.7 Å². The number of nitrogens with one attached hydrogen (secondary N) is 1. The number of aryl methyl sites for hydroxylation is 1. The monoisotopic (exact) mass is 424 g/mol. The molecule has 0 fully saturated rings. The van der Waals surface area contributed by atoms with Gasteiger partial charge in [0.1, 0.15) is 11.8 Å². The summed E-state index contributed by atoms with van der Waals surface area (Å²) >= 11 is 6.17. The van der Waals surface area contributed by atoms with Crippen LogP contribution in [0.25, 0.3) is 0 Å². The van der Waals surface area contributed by atoms with E-state index in [0.29, 0.717) is 17.1 Å². The molecule has 1 amide bonds. The minimum Gasteiger partial charge on any atom is -0.497 e. The lowest BCUT2D eigenvalue weighted by Gasteiger charge is -2.30. The highest BCUT2D eigenvalue weighted by molar-refractivity contribution is 7.92. The van der Waals surface area contributed by atoms with Gasteiger partial charge in [0.05, 0.1) is 19.1 Å². The first kappa shape index (κ1) is 22.0. The molecular weight excluding hydrogens is 400 g/mol. The fourth-order valence-electron chi connectivity index (χ4n) is 2.83. The van der Waals surface area contributed by atoms with Crippen molar-refractivity contribution in [3.63, 3.8) is 0 Å². The van der Waals surface area contributed by atoms with E-state index in [1.807, 2.05) is 19.1 Å². The largest absolute Gasteiger partial charge is 0.497 e. The van der Waals surface area contributed by atoms with Gasteiger partial charge >= 0.3 is 0 Å². The molecule has 0 aliphatic heterocycles. The van der Waals surface area contributed by atoms with Crippen molar-refractivity contribution in [2.45, 2.75) is 32.9 Å². The average molecular weight is 425 g/mol. The van der Waals surface area contributed by atoms with Crippen LogP contribution in [0.5, 0.6) is 5.75 Å². The number of ether oxygens (including phenoxy) is 1. The van der Waals surface area contributed by atoms with Crippen molar-refractivity contribution in [1.82, 2.24) is 5.32 Å². The van der Waals surface area contributed by atoms with Crippen LogP contribution in [0.1, 0.15) is 24.5 Å². The summed E-state index contributed by atoms with van der Waals surface area (Å²) in [5.41, 5.74) is 2.08. The van der Waals surface area contributed by atoms with Crippen molar-refractivity contribution in [3.05, 3.63) is 58.6 Å². The number of halogens is 1. The van der Waals surface area contributed by atoms with E-state index in [1.165, 1.54) is 0 Å². The normalized spacial score (nSPS) is 12.3. The summed E-state index contributed by atoms with van der Waals surface area (Å²) in [4.78, 5) is 12.8. The fourth-order valence-corrected chi connectivity index (χ4v) is 4.21. The van der Waals surface area contributed by atoms with Gasteiger partial charge in [0.2, 0.25) is 15.9 Å². The van der Waals surface area contributed by atoms with Crippen LogP contribution >= 0.6 is 11.6 Å². The number of nitrogens with zero attached hydrogens (tertiary/aromatic N) is 1. The molecule has 152 valence electrons. The first-order valence-corrected chi connectivity index (χ1v) is 11.1. The van der Waals surface area contributed by atoms with Crippen LogP contribution < -0.4 is 14.4 Å². The van der Waals surface area contributed by atoms with E-state index in [-0.39, 0.29) is 12.5 Å². The lowest BCUT2D eigenvalue weighted by Crippen LogP contribution is -2.49. The van der Waals surface area contributed by atoms with Crippen molar-refractivity contribution in [2.24, 2.45) is 0 Å². The molecule has 0 unspecified atom stereocenters. The molecule has 0 heterocycles. The Hall–Kier alpha value is -2.25. The number of benzene rings is 2. The van der Waals surface area contributed by atoms with Crippen LogP contribution in [0.15, 0.2) is 42.5 Å². The smallest absolute Gasteiger partial charge is 0.244 e. The standard InChI is InChI=1S/C20H25ClN2O4S/c1-5-19(20(24)22-13-15-7-10-17(27-3)11-8-15)23(28(4,25)26)16-9-6-14(2)18(21)12-16/h6-12,19H,5,13H2,1-4H3,(H,22,24)/t19-/m1/s1. The number of rotatable bonds is 8. The van der Waals surface area contributed by atoms with Crippen LogP contribution in [0.3, 0.4) is 0 Å². The van der Waals surface area contributed by atoms with Crippen molar-refractivity contribution in [3.8, 4) is 5.75 Å². The van der Waals surface area contributed by atoms with Crippen LogP contribution in [0.4, 0.5) is 5.69 Å². The molecule has 2 aromatic carbocycles. The van der Waals surface area contributed by atoms with Gasteiger partial charge in [-0.1, -0.05) is 36.7 Å². The Morgan fingerprint density at radius 1 is 1.21 bits per heavy atom. The molecule has 0 saturated carbocycles. The number of carbonyl (C=O) groups excluding carboxylic acids is 1. The Balaban J connectivity index is 2.24. The Bertz CT molecular complexity index is 930. The van der Waals surface area contributed by atoms with Gasteiger partial charge in [0.15, 0.2) is 0 Å². The Kier molecular flexibility index (Phi) is 7.32. The predicted molar refractivity (Wildman–Crippen MR) is 112 cm³/mol. The van der Waals surface area contributed by atoms with E-state index in [0.717, 1.165) is 27.4 Å². The molecule has 0 aliphatic carbocycles. The van der Waals surface area contributed by atoms with Gasteiger partial charge in [0, 0.05) is 11.6 Å². The fraction of sp³-hybridized carbons (Fsp3) is 0.350. The summed E-state index contributed by atoms with van der Waals surface area (Å²) < 4.78 is 31.2. The van der Waals surface area contributed by atoms with Gasteiger partial charge in [-0.3, -0.25) is 9.10 Å². The Morgan fingerprint density at radius 3 is 2.36 bits per heavy atom. The molecule has 0 aromatic heterocycles. The zero-order valence-electron chi connectivity index (χ0n) is 16.4. The summed E-state index contributed by atoms with van der Waals surface area (Å²) in [6.45, 7) is 3.88.